The van der Waals surface area contributed by atoms with E-state index in [9.17, 15) is 69.6 Å². The predicted molar refractivity (Wildman–Crippen MR) is 369 cm³/mol. The van der Waals surface area contributed by atoms with Crippen LogP contribution in [0.15, 0.2) is 0 Å². The van der Waals surface area contributed by atoms with Gasteiger partial charge in [-0.25, -0.2) is 4.79 Å². The Kier molecular flexibility index (Phi) is 20.5. The lowest BCUT2D eigenvalue weighted by Crippen LogP contribution is -2.67. The fraction of sp³-hybridized carbons (Fsp3) is 0.925. The van der Waals surface area contributed by atoms with E-state index in [0.29, 0.717) is 120 Å². The minimum absolute atomic E-state index is 0.0207. The van der Waals surface area contributed by atoms with Crippen molar-refractivity contribution < 1.29 is 98.0 Å². The lowest BCUT2D eigenvalue weighted by Gasteiger charge is -2.62. The van der Waals surface area contributed by atoms with E-state index in [0.717, 1.165) is 116 Å². The molecule has 20 rings (SSSR count). The molecular formula is C80H128O20. The highest BCUT2D eigenvalue weighted by atomic mass is 16.6. The number of carbonyl (C=O) groups is 6. The van der Waals surface area contributed by atoms with E-state index in [1.165, 1.54) is 12.8 Å². The molecule has 0 aromatic rings. The Morgan fingerprint density at radius 1 is 0.320 bits per heavy atom. The second-order valence-electron chi connectivity index (χ2n) is 39.7. The number of aliphatic hydroxyl groups is 8. The summed E-state index contributed by atoms with van der Waals surface area (Å²) in [6.45, 7) is 24.4. The van der Waals surface area contributed by atoms with Gasteiger partial charge in [0.15, 0.2) is 6.61 Å². The van der Waals surface area contributed by atoms with Crippen LogP contribution in [0.3, 0.4) is 0 Å². The zero-order chi connectivity index (χ0) is 73.4. The SMILES string of the molecule is CCC(C)(C)C(=O)OC12CC3CC(CC(O)(C3)C1)C2.CCC(C)(C)C(=O)OC12CC3CC(O)(CC(O)(C3)C1)C2.CCC(C)(C)C(=O)OCC(=O)OC12CC3CC(O)(CC(O)(C3)C1)C2.CCC(C)C(=O)OC12CC3CC(CC(O)(C3)C1)C2.CCC(C)C(=O)OC12CC3CC(O)(CC(O)(C3)C1)C2. The first-order valence-electron chi connectivity index (χ1n) is 39.2. The molecular weight excluding hydrogens is 1280 g/mol. The largest absolute Gasteiger partial charge is 0.459 e. The molecule has 568 valence electrons. The maximum atomic E-state index is 12.4. The highest BCUT2D eigenvalue weighted by Crippen LogP contribution is 2.65. The lowest BCUT2D eigenvalue weighted by molar-refractivity contribution is -0.265. The molecule has 0 radical (unpaired) electrons. The molecule has 8 N–H and O–H groups in total. The van der Waals surface area contributed by atoms with Crippen molar-refractivity contribution in [1.29, 1.82) is 0 Å². The number of carbonyl (C=O) groups excluding carboxylic acids is 6. The summed E-state index contributed by atoms with van der Waals surface area (Å²) >= 11 is 0. The Morgan fingerprint density at radius 2 is 0.560 bits per heavy atom. The average molecular weight is 1410 g/mol. The van der Waals surface area contributed by atoms with Crippen LogP contribution in [0.1, 0.15) is 315 Å². The summed E-state index contributed by atoms with van der Waals surface area (Å²) in [5.74, 6) is 1.29. The maximum absolute atomic E-state index is 12.4. The quantitative estimate of drug-likeness (QED) is 0.0495. The fourth-order valence-electron chi connectivity index (χ4n) is 24.2. The van der Waals surface area contributed by atoms with Crippen LogP contribution < -0.4 is 0 Å². The highest BCUT2D eigenvalue weighted by Gasteiger charge is 2.68. The van der Waals surface area contributed by atoms with Crippen molar-refractivity contribution in [1.82, 2.24) is 0 Å². The van der Waals surface area contributed by atoms with Crippen molar-refractivity contribution in [2.45, 2.75) is 388 Å². The van der Waals surface area contributed by atoms with Crippen LogP contribution in [-0.2, 0) is 57.2 Å². The van der Waals surface area contributed by atoms with Gasteiger partial charge in [0.1, 0.15) is 28.0 Å². The lowest BCUT2D eigenvalue weighted by atomic mass is 9.50. The molecule has 20 heteroatoms. The van der Waals surface area contributed by atoms with Crippen LogP contribution in [-0.4, -0.2) is 156 Å². The molecule has 0 aromatic heterocycles. The summed E-state index contributed by atoms with van der Waals surface area (Å²) in [5.41, 5.74) is -10.7. The minimum Gasteiger partial charge on any atom is -0.459 e. The molecule has 0 heterocycles. The summed E-state index contributed by atoms with van der Waals surface area (Å²) in [4.78, 5) is 73.1. The van der Waals surface area contributed by atoms with Crippen molar-refractivity contribution in [2.24, 2.45) is 69.5 Å². The van der Waals surface area contributed by atoms with E-state index in [-0.39, 0.29) is 64.7 Å². The van der Waals surface area contributed by atoms with Gasteiger partial charge < -0.3 is 69.3 Å². The first-order chi connectivity index (χ1) is 46.1. The highest BCUT2D eigenvalue weighted by molar-refractivity contribution is 5.80. The van der Waals surface area contributed by atoms with Crippen LogP contribution in [0, 0.1) is 69.5 Å². The minimum atomic E-state index is -0.949. The molecule has 0 spiro atoms. The molecule has 0 amide bonds. The summed E-state index contributed by atoms with van der Waals surface area (Å²) in [6.07, 6.45) is 25.6. The molecule has 12 atom stereocenters. The number of esters is 6. The zero-order valence-electron chi connectivity index (χ0n) is 63.1. The molecule has 0 aliphatic heterocycles. The predicted octanol–water partition coefficient (Wildman–Crippen LogP) is 11.4. The zero-order valence-corrected chi connectivity index (χ0v) is 63.1. The van der Waals surface area contributed by atoms with Gasteiger partial charge in [-0.15, -0.1) is 0 Å². The fourth-order valence-corrected chi connectivity index (χ4v) is 24.2. The number of ether oxygens (including phenoxy) is 6. The first kappa shape index (κ1) is 77.6. The Balaban J connectivity index is 0.000000126. The molecule has 20 saturated carbocycles. The average Bonchev–Trinajstić information content (AvgIpc) is 1.50. The van der Waals surface area contributed by atoms with Gasteiger partial charge in [-0.1, -0.05) is 48.5 Å². The monoisotopic (exact) mass is 1410 g/mol. The Morgan fingerprint density at radius 3 is 0.850 bits per heavy atom. The summed E-state index contributed by atoms with van der Waals surface area (Å²) in [6, 6.07) is 0. The number of hydrogen-bond acceptors (Lipinski definition) is 20. The van der Waals surface area contributed by atoms with Gasteiger partial charge in [-0.2, -0.15) is 0 Å². The van der Waals surface area contributed by atoms with Crippen molar-refractivity contribution in [2.75, 3.05) is 6.61 Å². The molecule has 0 saturated heterocycles. The van der Waals surface area contributed by atoms with E-state index in [1.807, 2.05) is 76.2 Å². The molecule has 20 aliphatic rings. The van der Waals surface area contributed by atoms with E-state index in [1.54, 1.807) is 13.8 Å². The van der Waals surface area contributed by atoms with Crippen LogP contribution in [0.5, 0.6) is 0 Å². The number of rotatable bonds is 17. The van der Waals surface area contributed by atoms with Crippen molar-refractivity contribution in [3.05, 3.63) is 0 Å². The van der Waals surface area contributed by atoms with E-state index in [2.05, 4.69) is 0 Å². The van der Waals surface area contributed by atoms with Crippen LogP contribution in [0.4, 0.5) is 0 Å². The molecule has 0 aromatic carbocycles. The van der Waals surface area contributed by atoms with Gasteiger partial charge >= 0.3 is 35.8 Å². The summed E-state index contributed by atoms with van der Waals surface area (Å²) in [5, 5.41) is 85.1. The van der Waals surface area contributed by atoms with E-state index < -0.39 is 96.4 Å². The topological polar surface area (TPSA) is 320 Å². The van der Waals surface area contributed by atoms with Gasteiger partial charge in [0, 0.05) is 70.6 Å². The van der Waals surface area contributed by atoms with Gasteiger partial charge in [-0.3, -0.25) is 24.0 Å². The van der Waals surface area contributed by atoms with E-state index >= 15 is 0 Å². The first-order valence-corrected chi connectivity index (χ1v) is 39.2. The van der Waals surface area contributed by atoms with Crippen LogP contribution in [0.25, 0.3) is 0 Å². The standard InChI is InChI=1S/C18H28O6.C16H26O4.C16H26O3.C15H24O4.C15H24O3/c1-4-15(2,3)14(20)23-8-13(19)24-18-7-12-5-16(21,10-18)9-17(22,6-12)11-18;1-4-13(2,3)12(17)20-16-7-11-5-14(18,9-16)8-15(19,6-11)10-16;1-4-14(2,3)13(17)19-16-8-11-5-12(9-16)7-15(18,6-11)10-16;1-3-10(2)12(16)19-15-6-11-4-13(17,8-15)7-14(18,5-11)9-15;1-3-10(2)13(16)18-15-7-11-4-12(8-15)6-14(17,5-11)9-15/h12,21-22H,4-11H2,1-3H3;11,18-19H,4-10H2,1-3H3;11-12,18H,4-10H2,1-3H3;10-11,17-18H,3-9H2,1-2H3;10-12,17H,3-9H2,1-2H3. The Bertz CT molecular complexity index is 3010. The molecule has 100 heavy (non-hydrogen) atoms. The molecule has 20 bridgehead atoms. The third-order valence-corrected chi connectivity index (χ3v) is 28.1. The second-order valence-corrected chi connectivity index (χ2v) is 39.7. The molecule has 20 aliphatic carbocycles. The van der Waals surface area contributed by atoms with Crippen molar-refractivity contribution in [3.8, 4) is 0 Å². The third-order valence-electron chi connectivity index (χ3n) is 28.1. The third kappa shape index (κ3) is 16.4. The Labute approximate surface area is 595 Å². The van der Waals surface area contributed by atoms with E-state index in [4.69, 9.17) is 28.4 Å². The van der Waals surface area contributed by atoms with Gasteiger partial charge in [0.25, 0.3) is 0 Å². The molecule has 12 unspecified atom stereocenters. The summed E-state index contributed by atoms with van der Waals surface area (Å²) < 4.78 is 34.2. The maximum Gasteiger partial charge on any atom is 0.344 e. The number of hydrogen-bond donors (Lipinski definition) is 8. The van der Waals surface area contributed by atoms with Crippen LogP contribution >= 0.6 is 0 Å². The van der Waals surface area contributed by atoms with Crippen molar-refractivity contribution >= 4 is 35.8 Å². The summed E-state index contributed by atoms with van der Waals surface area (Å²) in [7, 11) is 0. The second kappa shape index (κ2) is 26.5. The molecule has 20 fully saturated rings. The normalized spacial score (nSPS) is 45.3. The Hall–Kier alpha value is -3.50. The van der Waals surface area contributed by atoms with Crippen molar-refractivity contribution in [3.63, 3.8) is 0 Å². The molecule has 20 nitrogen and oxygen atoms in total. The van der Waals surface area contributed by atoms with Gasteiger partial charge in [0.2, 0.25) is 0 Å². The smallest absolute Gasteiger partial charge is 0.344 e. The van der Waals surface area contributed by atoms with Gasteiger partial charge in [0.05, 0.1) is 72.9 Å². The van der Waals surface area contributed by atoms with Crippen LogP contribution in [0.2, 0.25) is 0 Å². The van der Waals surface area contributed by atoms with Gasteiger partial charge in [-0.05, 0) is 237 Å².